The van der Waals surface area contributed by atoms with Gasteiger partial charge in [0, 0.05) is 18.9 Å². The first-order valence-electron chi connectivity index (χ1n) is 6.25. The van der Waals surface area contributed by atoms with Gasteiger partial charge in [0.25, 0.3) is 0 Å². The third kappa shape index (κ3) is 1.89. The Labute approximate surface area is 114 Å². The SMILES string of the molecule is C=CC1CC(=O)N(c2nc(N)nc3cccc(F)c23)C1. The van der Waals surface area contributed by atoms with Gasteiger partial charge in [-0.2, -0.15) is 4.98 Å². The maximum absolute atomic E-state index is 14.1. The van der Waals surface area contributed by atoms with Gasteiger partial charge in [0.05, 0.1) is 10.9 Å². The molecule has 1 fully saturated rings. The number of nitrogens with two attached hydrogens (primary N) is 1. The first-order valence-corrected chi connectivity index (χ1v) is 6.25. The van der Waals surface area contributed by atoms with Gasteiger partial charge < -0.3 is 5.73 Å². The lowest BCUT2D eigenvalue weighted by Gasteiger charge is -2.17. The molecule has 0 bridgehead atoms. The Morgan fingerprint density at radius 3 is 2.95 bits per heavy atom. The van der Waals surface area contributed by atoms with Crippen LogP contribution in [0, 0.1) is 11.7 Å². The summed E-state index contributed by atoms with van der Waals surface area (Å²) in [4.78, 5) is 21.6. The Morgan fingerprint density at radius 1 is 1.45 bits per heavy atom. The Hall–Kier alpha value is -2.50. The molecule has 5 nitrogen and oxygen atoms in total. The third-order valence-corrected chi connectivity index (χ3v) is 3.41. The van der Waals surface area contributed by atoms with Crippen LogP contribution in [0.15, 0.2) is 30.9 Å². The standard InChI is InChI=1S/C14H13FN4O/c1-2-8-6-11(20)19(7-8)13-12-9(15)4-3-5-10(12)17-14(16)18-13/h2-5,8H,1,6-7H2,(H2,16,17,18). The van der Waals surface area contributed by atoms with E-state index in [1.54, 1.807) is 18.2 Å². The first-order chi connectivity index (χ1) is 9.60. The van der Waals surface area contributed by atoms with Crippen LogP contribution < -0.4 is 10.6 Å². The van der Waals surface area contributed by atoms with Crippen LogP contribution in [-0.4, -0.2) is 22.4 Å². The summed E-state index contributed by atoms with van der Waals surface area (Å²) in [6.45, 7) is 4.13. The Bertz CT molecular complexity index is 716. The summed E-state index contributed by atoms with van der Waals surface area (Å²) < 4.78 is 14.1. The molecule has 1 saturated heterocycles. The molecule has 1 aliphatic heterocycles. The van der Waals surface area contributed by atoms with E-state index in [2.05, 4.69) is 16.5 Å². The number of rotatable bonds is 2. The molecule has 20 heavy (non-hydrogen) atoms. The molecule has 3 rings (SSSR count). The van der Waals surface area contributed by atoms with E-state index in [1.807, 2.05) is 0 Å². The van der Waals surface area contributed by atoms with Gasteiger partial charge in [0.15, 0.2) is 5.82 Å². The molecule has 1 aliphatic rings. The maximum Gasteiger partial charge on any atom is 0.228 e. The van der Waals surface area contributed by atoms with Crippen molar-refractivity contribution in [3.05, 3.63) is 36.7 Å². The fourth-order valence-corrected chi connectivity index (χ4v) is 2.43. The summed E-state index contributed by atoms with van der Waals surface area (Å²) in [7, 11) is 0. The minimum atomic E-state index is -0.465. The lowest BCUT2D eigenvalue weighted by Crippen LogP contribution is -2.26. The number of aromatic nitrogens is 2. The summed E-state index contributed by atoms with van der Waals surface area (Å²) in [6.07, 6.45) is 2.07. The van der Waals surface area contributed by atoms with Crippen molar-refractivity contribution in [1.29, 1.82) is 0 Å². The van der Waals surface area contributed by atoms with Crippen molar-refractivity contribution < 1.29 is 9.18 Å². The van der Waals surface area contributed by atoms with Gasteiger partial charge in [-0.3, -0.25) is 9.69 Å². The predicted molar refractivity (Wildman–Crippen MR) is 74.6 cm³/mol. The van der Waals surface area contributed by atoms with Crippen LogP contribution in [0.4, 0.5) is 16.2 Å². The minimum absolute atomic E-state index is 0.0213. The maximum atomic E-state index is 14.1. The molecule has 1 unspecified atom stereocenters. The Morgan fingerprint density at radius 2 is 2.25 bits per heavy atom. The Kier molecular flexibility index (Phi) is 2.85. The van der Waals surface area contributed by atoms with Crippen molar-refractivity contribution in [3.8, 4) is 0 Å². The molecule has 1 aromatic carbocycles. The zero-order chi connectivity index (χ0) is 14.3. The fourth-order valence-electron chi connectivity index (χ4n) is 2.43. The molecular formula is C14H13FN4O. The molecule has 1 aromatic heterocycles. The zero-order valence-corrected chi connectivity index (χ0v) is 10.7. The first kappa shape index (κ1) is 12.5. The summed E-state index contributed by atoms with van der Waals surface area (Å²) >= 11 is 0. The molecule has 2 heterocycles. The number of hydrogen-bond donors (Lipinski definition) is 1. The second-order valence-corrected chi connectivity index (χ2v) is 4.74. The van der Waals surface area contributed by atoms with E-state index >= 15 is 0 Å². The van der Waals surface area contributed by atoms with E-state index < -0.39 is 5.82 Å². The van der Waals surface area contributed by atoms with Gasteiger partial charge in [0.1, 0.15) is 5.82 Å². The van der Waals surface area contributed by atoms with Crippen molar-refractivity contribution in [2.75, 3.05) is 17.2 Å². The summed E-state index contributed by atoms with van der Waals surface area (Å²) in [5, 5.41) is 0.222. The molecule has 6 heteroatoms. The molecule has 102 valence electrons. The van der Waals surface area contributed by atoms with Crippen LogP contribution in [0.25, 0.3) is 10.9 Å². The Balaban J connectivity index is 2.21. The normalized spacial score (nSPS) is 18.8. The number of amides is 1. The van der Waals surface area contributed by atoms with E-state index in [-0.39, 0.29) is 29.0 Å². The number of benzene rings is 1. The van der Waals surface area contributed by atoms with Crippen molar-refractivity contribution >= 4 is 28.6 Å². The van der Waals surface area contributed by atoms with Crippen LogP contribution in [0.3, 0.4) is 0 Å². The van der Waals surface area contributed by atoms with E-state index in [9.17, 15) is 9.18 Å². The van der Waals surface area contributed by atoms with Crippen molar-refractivity contribution in [2.45, 2.75) is 6.42 Å². The van der Waals surface area contributed by atoms with Crippen LogP contribution in [0.2, 0.25) is 0 Å². The molecule has 2 N–H and O–H groups in total. The molecule has 1 atom stereocenters. The van der Waals surface area contributed by atoms with Gasteiger partial charge in [-0.25, -0.2) is 9.37 Å². The number of nitrogens with zero attached hydrogens (tertiary/aromatic N) is 3. The van der Waals surface area contributed by atoms with E-state index in [0.29, 0.717) is 18.5 Å². The highest BCUT2D eigenvalue weighted by Crippen LogP contribution is 2.31. The number of nitrogen functional groups attached to an aromatic ring is 1. The topological polar surface area (TPSA) is 72.1 Å². The van der Waals surface area contributed by atoms with Gasteiger partial charge in [-0.05, 0) is 12.1 Å². The zero-order valence-electron chi connectivity index (χ0n) is 10.7. The number of hydrogen-bond acceptors (Lipinski definition) is 4. The summed E-state index contributed by atoms with van der Waals surface area (Å²) in [5.74, 6) is -0.279. The van der Waals surface area contributed by atoms with Crippen LogP contribution >= 0.6 is 0 Å². The lowest BCUT2D eigenvalue weighted by atomic mass is 10.1. The van der Waals surface area contributed by atoms with E-state index in [4.69, 9.17) is 5.73 Å². The van der Waals surface area contributed by atoms with Crippen LogP contribution in [0.1, 0.15) is 6.42 Å². The van der Waals surface area contributed by atoms with E-state index in [1.165, 1.54) is 11.0 Å². The third-order valence-electron chi connectivity index (χ3n) is 3.41. The molecule has 1 amide bonds. The quantitative estimate of drug-likeness (QED) is 0.847. The van der Waals surface area contributed by atoms with Crippen molar-refractivity contribution in [3.63, 3.8) is 0 Å². The van der Waals surface area contributed by atoms with Gasteiger partial charge in [-0.1, -0.05) is 12.1 Å². The second kappa shape index (κ2) is 4.56. The average molecular weight is 272 g/mol. The predicted octanol–water partition coefficient (Wildman–Crippen LogP) is 1.89. The highest BCUT2D eigenvalue weighted by molar-refractivity contribution is 6.03. The number of carbonyl (C=O) groups excluding carboxylic acids is 1. The number of carbonyl (C=O) groups is 1. The van der Waals surface area contributed by atoms with Gasteiger partial charge in [-0.15, -0.1) is 6.58 Å². The lowest BCUT2D eigenvalue weighted by molar-refractivity contribution is -0.117. The summed E-state index contributed by atoms with van der Waals surface area (Å²) in [5.41, 5.74) is 6.04. The largest absolute Gasteiger partial charge is 0.368 e. The molecule has 0 saturated carbocycles. The van der Waals surface area contributed by atoms with Crippen LogP contribution in [-0.2, 0) is 4.79 Å². The molecular weight excluding hydrogens is 259 g/mol. The average Bonchev–Trinajstić information content (AvgIpc) is 2.79. The van der Waals surface area contributed by atoms with Gasteiger partial charge >= 0.3 is 0 Å². The number of halogens is 1. The highest BCUT2D eigenvalue weighted by atomic mass is 19.1. The van der Waals surface area contributed by atoms with Crippen LogP contribution in [0.5, 0.6) is 0 Å². The van der Waals surface area contributed by atoms with Crippen molar-refractivity contribution in [2.24, 2.45) is 5.92 Å². The molecule has 2 aromatic rings. The second-order valence-electron chi connectivity index (χ2n) is 4.74. The smallest absolute Gasteiger partial charge is 0.228 e. The number of fused-ring (bicyclic) bond motifs is 1. The van der Waals surface area contributed by atoms with Crippen molar-refractivity contribution in [1.82, 2.24) is 9.97 Å². The molecule has 0 aliphatic carbocycles. The fraction of sp³-hybridized carbons (Fsp3) is 0.214. The summed E-state index contributed by atoms with van der Waals surface area (Å²) in [6, 6.07) is 4.51. The number of anilines is 2. The minimum Gasteiger partial charge on any atom is -0.368 e. The highest BCUT2D eigenvalue weighted by Gasteiger charge is 2.31. The molecule has 0 radical (unpaired) electrons. The monoisotopic (exact) mass is 272 g/mol. The van der Waals surface area contributed by atoms with E-state index in [0.717, 1.165) is 0 Å². The molecule has 0 spiro atoms. The van der Waals surface area contributed by atoms with Gasteiger partial charge in [0.2, 0.25) is 11.9 Å².